The molecule has 7 nitrogen and oxygen atoms in total. The Morgan fingerprint density at radius 2 is 2.00 bits per heavy atom. The third-order valence-corrected chi connectivity index (χ3v) is 3.06. The number of furan rings is 1. The van der Waals surface area contributed by atoms with Gasteiger partial charge < -0.3 is 20.2 Å². The number of anilines is 1. The van der Waals surface area contributed by atoms with E-state index in [9.17, 15) is 9.59 Å². The number of nitrogens with zero attached hydrogens (tertiary/aromatic N) is 1. The van der Waals surface area contributed by atoms with Gasteiger partial charge in [0.15, 0.2) is 0 Å². The number of rotatable bonds is 7. The largest absolute Gasteiger partial charge is 0.481 e. The molecule has 3 N–H and O–H groups in total. The van der Waals surface area contributed by atoms with Gasteiger partial charge in [0.25, 0.3) is 5.91 Å². The molecular formula is C17H15N3O4. The number of hydrogen-bond acceptors (Lipinski definition) is 5. The average Bonchev–Trinajstić information content (AvgIpc) is 3.08. The van der Waals surface area contributed by atoms with Crippen molar-refractivity contribution in [2.75, 3.05) is 5.32 Å². The SMILES string of the molecule is N#C/C(=C/Nc1ccc(CC(=O)O)cc1)C(=O)NCc1ccco1. The van der Waals surface area contributed by atoms with Crippen molar-refractivity contribution in [2.24, 2.45) is 0 Å². The van der Waals surface area contributed by atoms with E-state index in [1.807, 2.05) is 6.07 Å². The molecule has 0 atom stereocenters. The first kappa shape index (κ1) is 16.8. The fourth-order valence-electron chi connectivity index (χ4n) is 1.87. The summed E-state index contributed by atoms with van der Waals surface area (Å²) in [5, 5.41) is 23.2. The van der Waals surface area contributed by atoms with Crippen LogP contribution in [0.1, 0.15) is 11.3 Å². The molecule has 2 aromatic rings. The number of carbonyl (C=O) groups is 2. The first-order valence-electron chi connectivity index (χ1n) is 7.06. The average molecular weight is 325 g/mol. The topological polar surface area (TPSA) is 115 Å². The molecule has 0 aliphatic heterocycles. The zero-order valence-electron chi connectivity index (χ0n) is 12.7. The molecule has 0 spiro atoms. The maximum absolute atomic E-state index is 11.9. The lowest BCUT2D eigenvalue weighted by Gasteiger charge is -2.05. The van der Waals surface area contributed by atoms with Crippen LogP contribution in [0.4, 0.5) is 5.69 Å². The summed E-state index contributed by atoms with van der Waals surface area (Å²) < 4.78 is 5.09. The van der Waals surface area contributed by atoms with Gasteiger partial charge in [0.05, 0.1) is 19.2 Å². The third kappa shape index (κ3) is 5.03. The minimum absolute atomic E-state index is 0.0608. The van der Waals surface area contributed by atoms with Crippen LogP contribution >= 0.6 is 0 Å². The normalized spacial score (nSPS) is 10.7. The van der Waals surface area contributed by atoms with Crippen LogP contribution in [0, 0.1) is 11.3 Å². The van der Waals surface area contributed by atoms with Crippen molar-refractivity contribution in [1.29, 1.82) is 5.26 Å². The number of nitrogens with one attached hydrogen (secondary N) is 2. The van der Waals surface area contributed by atoms with Crippen molar-refractivity contribution in [3.63, 3.8) is 0 Å². The Labute approximate surface area is 138 Å². The van der Waals surface area contributed by atoms with Gasteiger partial charge in [0, 0.05) is 11.9 Å². The lowest BCUT2D eigenvalue weighted by molar-refractivity contribution is -0.136. The van der Waals surface area contributed by atoms with Gasteiger partial charge >= 0.3 is 5.97 Å². The van der Waals surface area contributed by atoms with Crippen molar-refractivity contribution in [1.82, 2.24) is 5.32 Å². The van der Waals surface area contributed by atoms with Gasteiger partial charge in [-0.3, -0.25) is 9.59 Å². The van der Waals surface area contributed by atoms with E-state index in [-0.39, 0.29) is 18.5 Å². The highest BCUT2D eigenvalue weighted by Crippen LogP contribution is 2.11. The zero-order valence-corrected chi connectivity index (χ0v) is 12.7. The minimum atomic E-state index is -0.907. The quantitative estimate of drug-likeness (QED) is 0.530. The fourth-order valence-corrected chi connectivity index (χ4v) is 1.87. The van der Waals surface area contributed by atoms with Crippen molar-refractivity contribution in [2.45, 2.75) is 13.0 Å². The number of benzene rings is 1. The monoisotopic (exact) mass is 325 g/mol. The molecule has 1 aromatic carbocycles. The lowest BCUT2D eigenvalue weighted by atomic mass is 10.1. The highest BCUT2D eigenvalue weighted by atomic mass is 16.4. The van der Waals surface area contributed by atoms with Crippen LogP contribution < -0.4 is 10.6 Å². The summed E-state index contributed by atoms with van der Waals surface area (Å²) in [6.07, 6.45) is 2.73. The lowest BCUT2D eigenvalue weighted by Crippen LogP contribution is -2.24. The summed E-state index contributed by atoms with van der Waals surface area (Å²) in [6.45, 7) is 0.189. The molecule has 0 aliphatic carbocycles. The summed E-state index contributed by atoms with van der Waals surface area (Å²) in [6, 6.07) is 11.9. The van der Waals surface area contributed by atoms with E-state index < -0.39 is 11.9 Å². The Kier molecular flexibility index (Phi) is 5.75. The van der Waals surface area contributed by atoms with E-state index in [1.54, 1.807) is 36.4 Å². The molecule has 0 unspecified atom stereocenters. The van der Waals surface area contributed by atoms with Gasteiger partial charge in [-0.25, -0.2) is 0 Å². The van der Waals surface area contributed by atoms with E-state index in [4.69, 9.17) is 14.8 Å². The van der Waals surface area contributed by atoms with Crippen molar-refractivity contribution in [3.8, 4) is 6.07 Å². The van der Waals surface area contributed by atoms with E-state index in [1.165, 1.54) is 12.5 Å². The third-order valence-electron chi connectivity index (χ3n) is 3.06. The predicted molar refractivity (Wildman–Crippen MR) is 85.7 cm³/mol. The van der Waals surface area contributed by atoms with Gasteiger partial charge in [0.1, 0.15) is 17.4 Å². The predicted octanol–water partition coefficient (Wildman–Crippen LogP) is 2.04. The molecule has 2 rings (SSSR count). The Balaban J connectivity index is 1.93. The second-order valence-corrected chi connectivity index (χ2v) is 4.84. The molecule has 0 saturated heterocycles. The number of nitriles is 1. The molecule has 1 heterocycles. The fraction of sp³-hybridized carbons (Fsp3) is 0.118. The van der Waals surface area contributed by atoms with Crippen LogP contribution in [0.25, 0.3) is 0 Å². The van der Waals surface area contributed by atoms with Crippen LogP contribution in [0.2, 0.25) is 0 Å². The molecule has 0 bridgehead atoms. The van der Waals surface area contributed by atoms with Gasteiger partial charge in [0.2, 0.25) is 0 Å². The Morgan fingerprint density at radius 1 is 1.25 bits per heavy atom. The molecule has 122 valence electrons. The molecule has 0 radical (unpaired) electrons. The van der Waals surface area contributed by atoms with Gasteiger partial charge in [-0.1, -0.05) is 12.1 Å². The molecule has 0 saturated carbocycles. The Hall–Kier alpha value is -3.53. The number of amides is 1. The smallest absolute Gasteiger partial charge is 0.307 e. The van der Waals surface area contributed by atoms with Crippen LogP contribution in [0.3, 0.4) is 0 Å². The van der Waals surface area contributed by atoms with E-state index >= 15 is 0 Å². The van der Waals surface area contributed by atoms with Crippen molar-refractivity contribution < 1.29 is 19.1 Å². The van der Waals surface area contributed by atoms with Gasteiger partial charge in [-0.15, -0.1) is 0 Å². The highest BCUT2D eigenvalue weighted by Gasteiger charge is 2.09. The number of carbonyl (C=O) groups excluding carboxylic acids is 1. The molecule has 1 aromatic heterocycles. The minimum Gasteiger partial charge on any atom is -0.481 e. The van der Waals surface area contributed by atoms with E-state index in [0.29, 0.717) is 17.0 Å². The Bertz CT molecular complexity index is 771. The first-order valence-corrected chi connectivity index (χ1v) is 7.06. The number of carboxylic acid groups (broad SMARTS) is 1. The number of aliphatic carboxylic acids is 1. The van der Waals surface area contributed by atoms with Crippen LogP contribution in [-0.4, -0.2) is 17.0 Å². The van der Waals surface area contributed by atoms with Gasteiger partial charge in [-0.2, -0.15) is 5.26 Å². The summed E-state index contributed by atoms with van der Waals surface area (Å²) in [7, 11) is 0. The molecular weight excluding hydrogens is 310 g/mol. The standard InChI is InChI=1S/C17H15N3O4/c18-9-13(17(23)20-11-15-2-1-7-24-15)10-19-14-5-3-12(4-6-14)8-16(21)22/h1-7,10,19H,8,11H2,(H,20,23)(H,21,22)/b13-10-. The highest BCUT2D eigenvalue weighted by molar-refractivity contribution is 5.97. The second-order valence-electron chi connectivity index (χ2n) is 4.84. The van der Waals surface area contributed by atoms with Crippen molar-refractivity contribution in [3.05, 3.63) is 65.8 Å². The summed E-state index contributed by atoms with van der Waals surface area (Å²) >= 11 is 0. The molecule has 0 fully saturated rings. The summed E-state index contributed by atoms with van der Waals surface area (Å²) in [5.74, 6) is -0.845. The number of hydrogen-bond donors (Lipinski definition) is 3. The van der Waals surface area contributed by atoms with E-state index in [0.717, 1.165) is 0 Å². The zero-order chi connectivity index (χ0) is 17.4. The van der Waals surface area contributed by atoms with Crippen LogP contribution in [0.15, 0.2) is 58.9 Å². The summed E-state index contributed by atoms with van der Waals surface area (Å²) in [4.78, 5) is 22.5. The van der Waals surface area contributed by atoms with Gasteiger partial charge in [-0.05, 0) is 29.8 Å². The maximum Gasteiger partial charge on any atom is 0.307 e. The Morgan fingerprint density at radius 3 is 2.58 bits per heavy atom. The van der Waals surface area contributed by atoms with Crippen molar-refractivity contribution >= 4 is 17.6 Å². The first-order chi connectivity index (χ1) is 11.6. The maximum atomic E-state index is 11.9. The second kappa shape index (κ2) is 8.19. The molecule has 0 aliphatic rings. The molecule has 1 amide bonds. The molecule has 7 heteroatoms. The number of carboxylic acids is 1. The summed E-state index contributed by atoms with van der Waals surface area (Å²) in [5.41, 5.74) is 1.21. The van der Waals surface area contributed by atoms with Crippen LogP contribution in [0.5, 0.6) is 0 Å². The molecule has 24 heavy (non-hydrogen) atoms. The van der Waals surface area contributed by atoms with Crippen LogP contribution in [-0.2, 0) is 22.6 Å². The van der Waals surface area contributed by atoms with E-state index in [2.05, 4.69) is 10.6 Å².